The lowest BCUT2D eigenvalue weighted by Crippen LogP contribution is -2.58. The van der Waals surface area contributed by atoms with Gasteiger partial charge in [-0.2, -0.15) is 0 Å². The number of carboxylic acids is 1. The normalized spacial score (nSPS) is 25.7. The average molecular weight is 264 g/mol. The number of aliphatic carboxylic acids is 1. The number of ether oxygens (including phenoxy) is 1. The summed E-state index contributed by atoms with van der Waals surface area (Å²) in [6.07, 6.45) is -1.71. The molecule has 2 rings (SSSR count). The van der Waals surface area contributed by atoms with Crippen LogP contribution in [0.1, 0.15) is 34.0 Å². The fourth-order valence-electron chi connectivity index (χ4n) is 2.30. The third-order valence-electron chi connectivity index (χ3n) is 3.74. The molecule has 1 aliphatic rings. The van der Waals surface area contributed by atoms with E-state index in [9.17, 15) is 19.8 Å². The molecule has 0 aliphatic carbocycles. The number of benzene rings is 1. The van der Waals surface area contributed by atoms with Crippen molar-refractivity contribution in [2.24, 2.45) is 0 Å². The van der Waals surface area contributed by atoms with Crippen LogP contribution in [0.25, 0.3) is 0 Å². The summed E-state index contributed by atoms with van der Waals surface area (Å²) in [5, 5.41) is 19.1. The van der Waals surface area contributed by atoms with E-state index in [1.165, 1.54) is 6.92 Å². The van der Waals surface area contributed by atoms with E-state index in [2.05, 4.69) is 0 Å². The van der Waals surface area contributed by atoms with Gasteiger partial charge in [0.25, 0.3) is 0 Å². The molecule has 0 radical (unpaired) electrons. The van der Waals surface area contributed by atoms with Crippen LogP contribution in [0, 0.1) is 20.8 Å². The van der Waals surface area contributed by atoms with E-state index in [0.29, 0.717) is 11.1 Å². The zero-order valence-corrected chi connectivity index (χ0v) is 11.3. The van der Waals surface area contributed by atoms with Crippen LogP contribution in [-0.4, -0.2) is 33.7 Å². The molecule has 1 aliphatic heterocycles. The van der Waals surface area contributed by atoms with Gasteiger partial charge in [0.1, 0.15) is 5.75 Å². The summed E-state index contributed by atoms with van der Waals surface area (Å²) in [4.78, 5) is 23.5. The molecule has 2 N–H and O–H groups in total. The predicted molar refractivity (Wildman–Crippen MR) is 67.7 cm³/mol. The molecule has 5 nitrogen and oxygen atoms in total. The first-order valence-electron chi connectivity index (χ1n) is 5.95. The molecule has 2 unspecified atom stereocenters. The Bertz CT molecular complexity index is 590. The summed E-state index contributed by atoms with van der Waals surface area (Å²) < 4.78 is 5.49. The van der Waals surface area contributed by atoms with Crippen molar-refractivity contribution in [2.45, 2.75) is 39.4 Å². The molecule has 1 heterocycles. The summed E-state index contributed by atoms with van der Waals surface area (Å²) in [6, 6.07) is 1.82. The summed E-state index contributed by atoms with van der Waals surface area (Å²) in [5.74, 6) is -1.71. The van der Waals surface area contributed by atoms with Crippen LogP contribution in [0.15, 0.2) is 6.07 Å². The Hall–Kier alpha value is -1.88. The third-order valence-corrected chi connectivity index (χ3v) is 3.74. The Morgan fingerprint density at radius 3 is 2.42 bits per heavy atom. The molecule has 2 atom stereocenters. The fraction of sp³-hybridized carbons (Fsp3) is 0.429. The van der Waals surface area contributed by atoms with E-state index in [4.69, 9.17) is 4.74 Å². The smallest absolute Gasteiger partial charge is 0.351 e. The van der Waals surface area contributed by atoms with Crippen LogP contribution in [0.3, 0.4) is 0 Å². The second-order valence-electron chi connectivity index (χ2n) is 5.12. The minimum Gasteiger partial charge on any atom is -0.478 e. The molecule has 1 aromatic rings. The summed E-state index contributed by atoms with van der Waals surface area (Å²) >= 11 is 0. The van der Waals surface area contributed by atoms with E-state index >= 15 is 0 Å². The summed E-state index contributed by atoms with van der Waals surface area (Å²) in [6.45, 7) is 6.57. The van der Waals surface area contributed by atoms with Crippen molar-refractivity contribution < 1.29 is 24.5 Å². The van der Waals surface area contributed by atoms with Crippen molar-refractivity contribution in [1.82, 2.24) is 0 Å². The lowest BCUT2D eigenvalue weighted by atomic mass is 9.84. The standard InChI is InChI=1S/C14H16O5/c1-6-5-7(2)9-10(15)12(16)14(4,13(17)18)19-11(9)8(6)3/h5,12,16H,1-4H3,(H,17,18). The van der Waals surface area contributed by atoms with E-state index in [0.717, 1.165) is 5.56 Å². The van der Waals surface area contributed by atoms with Crippen molar-refractivity contribution in [3.05, 3.63) is 28.3 Å². The van der Waals surface area contributed by atoms with Crippen molar-refractivity contribution >= 4 is 11.8 Å². The Kier molecular flexibility index (Phi) is 2.90. The average Bonchev–Trinajstić information content (AvgIpc) is 2.32. The molecule has 0 aromatic heterocycles. The van der Waals surface area contributed by atoms with Crippen LogP contribution in [0.5, 0.6) is 5.75 Å². The zero-order chi connectivity index (χ0) is 14.5. The van der Waals surface area contributed by atoms with Gasteiger partial charge in [-0.1, -0.05) is 6.07 Å². The van der Waals surface area contributed by atoms with Gasteiger partial charge in [0.2, 0.25) is 5.60 Å². The molecule has 0 bridgehead atoms. The number of aliphatic hydroxyl groups is 1. The van der Waals surface area contributed by atoms with Gasteiger partial charge in [-0.25, -0.2) is 4.79 Å². The molecule has 102 valence electrons. The van der Waals surface area contributed by atoms with Crippen LogP contribution in [0.2, 0.25) is 0 Å². The van der Waals surface area contributed by atoms with E-state index in [1.54, 1.807) is 13.8 Å². The van der Waals surface area contributed by atoms with Crippen LogP contribution >= 0.6 is 0 Å². The molecule has 19 heavy (non-hydrogen) atoms. The monoisotopic (exact) mass is 264 g/mol. The Morgan fingerprint density at radius 2 is 1.89 bits per heavy atom. The number of carbonyl (C=O) groups is 2. The zero-order valence-electron chi connectivity index (χ0n) is 11.3. The Labute approximate surface area is 110 Å². The maximum Gasteiger partial charge on any atom is 0.351 e. The van der Waals surface area contributed by atoms with Crippen molar-refractivity contribution in [3.63, 3.8) is 0 Å². The van der Waals surface area contributed by atoms with E-state index in [-0.39, 0.29) is 11.3 Å². The summed E-state index contributed by atoms with van der Waals surface area (Å²) in [5.41, 5.74) is 0.625. The van der Waals surface area contributed by atoms with Crippen LogP contribution in [0.4, 0.5) is 0 Å². The maximum atomic E-state index is 12.2. The highest BCUT2D eigenvalue weighted by molar-refractivity contribution is 6.08. The number of ketones is 1. The minimum atomic E-state index is -1.95. The highest BCUT2D eigenvalue weighted by atomic mass is 16.5. The lowest BCUT2D eigenvalue weighted by Gasteiger charge is -2.36. The van der Waals surface area contributed by atoms with Crippen LogP contribution in [-0.2, 0) is 4.79 Å². The van der Waals surface area contributed by atoms with Gasteiger partial charge in [-0.05, 0) is 44.4 Å². The summed E-state index contributed by atoms with van der Waals surface area (Å²) in [7, 11) is 0. The first kappa shape index (κ1) is 13.5. The number of carbonyl (C=O) groups excluding carboxylic acids is 1. The predicted octanol–water partition coefficient (Wildman–Crippen LogP) is 1.39. The molecule has 0 spiro atoms. The van der Waals surface area contributed by atoms with Gasteiger partial charge in [-0.3, -0.25) is 4.79 Å². The van der Waals surface area contributed by atoms with Gasteiger partial charge in [0, 0.05) is 0 Å². The van der Waals surface area contributed by atoms with Gasteiger partial charge in [0.05, 0.1) is 5.56 Å². The number of fused-ring (bicyclic) bond motifs is 1. The van der Waals surface area contributed by atoms with Crippen LogP contribution < -0.4 is 4.74 Å². The quantitative estimate of drug-likeness (QED) is 0.800. The Morgan fingerprint density at radius 1 is 1.32 bits per heavy atom. The highest BCUT2D eigenvalue weighted by Gasteiger charge is 2.52. The molecule has 0 fully saturated rings. The first-order chi connectivity index (χ1) is 8.70. The van der Waals surface area contributed by atoms with Gasteiger partial charge in [-0.15, -0.1) is 0 Å². The van der Waals surface area contributed by atoms with Gasteiger partial charge >= 0.3 is 5.97 Å². The lowest BCUT2D eigenvalue weighted by molar-refractivity contribution is -0.162. The van der Waals surface area contributed by atoms with E-state index in [1.807, 2.05) is 13.0 Å². The number of hydrogen-bond donors (Lipinski definition) is 2. The maximum absolute atomic E-state index is 12.2. The first-order valence-corrected chi connectivity index (χ1v) is 5.95. The third kappa shape index (κ3) is 1.73. The number of Topliss-reactive ketones (excluding diaryl/α,β-unsaturated/α-hetero) is 1. The number of hydrogen-bond acceptors (Lipinski definition) is 4. The number of rotatable bonds is 1. The number of aliphatic hydroxyl groups excluding tert-OH is 1. The molecule has 0 saturated carbocycles. The Balaban J connectivity index is 2.74. The molecule has 0 amide bonds. The molecular formula is C14H16O5. The van der Waals surface area contributed by atoms with E-state index < -0.39 is 23.5 Å². The number of carboxylic acid groups (broad SMARTS) is 1. The SMILES string of the molecule is Cc1cc(C)c2c(c1C)OC(C)(C(=O)O)C(O)C2=O. The molecule has 1 aromatic carbocycles. The second-order valence-corrected chi connectivity index (χ2v) is 5.12. The molecular weight excluding hydrogens is 248 g/mol. The molecule has 0 saturated heterocycles. The van der Waals surface area contributed by atoms with Gasteiger partial charge < -0.3 is 14.9 Å². The van der Waals surface area contributed by atoms with Crippen molar-refractivity contribution in [1.29, 1.82) is 0 Å². The topological polar surface area (TPSA) is 83.8 Å². The number of aryl methyl sites for hydroxylation is 2. The van der Waals surface area contributed by atoms with Crippen molar-refractivity contribution in [2.75, 3.05) is 0 Å². The molecule has 5 heteroatoms. The largest absolute Gasteiger partial charge is 0.478 e. The van der Waals surface area contributed by atoms with Crippen molar-refractivity contribution in [3.8, 4) is 5.75 Å². The minimum absolute atomic E-state index is 0.262. The highest BCUT2D eigenvalue weighted by Crippen LogP contribution is 2.39. The second kappa shape index (κ2) is 4.06. The fourth-order valence-corrected chi connectivity index (χ4v) is 2.30. The van der Waals surface area contributed by atoms with Gasteiger partial charge in [0.15, 0.2) is 11.9 Å².